The number of fused-ring (bicyclic) bond motifs is 1. The number of benzene rings is 1. The van der Waals surface area contributed by atoms with Crippen LogP contribution in [0.25, 0.3) is 0 Å². The number of carbonyl (C=O) groups is 1. The van der Waals surface area contributed by atoms with Gasteiger partial charge >= 0.3 is 0 Å². The van der Waals surface area contributed by atoms with Crippen LogP contribution in [0.1, 0.15) is 6.42 Å². The van der Waals surface area contributed by atoms with Crippen molar-refractivity contribution in [1.82, 2.24) is 5.32 Å². The molecule has 1 unspecified atom stereocenters. The third kappa shape index (κ3) is 2.24. The van der Waals surface area contributed by atoms with Crippen molar-refractivity contribution in [3.05, 3.63) is 24.0 Å². The minimum Gasteiger partial charge on any atom is -0.489 e. The van der Waals surface area contributed by atoms with E-state index < -0.39 is 0 Å². The van der Waals surface area contributed by atoms with E-state index in [4.69, 9.17) is 4.74 Å². The number of carbonyl (C=O) groups excluding carboxylic acids is 1. The molecule has 1 amide bonds. The van der Waals surface area contributed by atoms with Crippen LogP contribution in [0, 0.1) is 5.82 Å². The molecule has 0 bridgehead atoms. The van der Waals surface area contributed by atoms with Gasteiger partial charge in [-0.15, -0.1) is 0 Å². The van der Waals surface area contributed by atoms with E-state index in [1.807, 2.05) is 0 Å². The Balaban J connectivity index is 2.06. The summed E-state index contributed by atoms with van der Waals surface area (Å²) in [6.07, 6.45) is 0.341. The van der Waals surface area contributed by atoms with Crippen LogP contribution in [0.2, 0.25) is 0 Å². The van der Waals surface area contributed by atoms with E-state index in [0.717, 1.165) is 5.69 Å². The zero-order valence-electron chi connectivity index (χ0n) is 8.92. The lowest BCUT2D eigenvalue weighted by atomic mass is 10.1. The second-order valence-corrected chi connectivity index (χ2v) is 3.67. The summed E-state index contributed by atoms with van der Waals surface area (Å²) in [6, 6.07) is 4.23. The van der Waals surface area contributed by atoms with Crippen LogP contribution in [0.3, 0.4) is 0 Å². The van der Waals surface area contributed by atoms with Gasteiger partial charge in [-0.05, 0) is 12.1 Å². The summed E-state index contributed by atoms with van der Waals surface area (Å²) >= 11 is 0. The molecular weight excluding hydrogens is 211 g/mol. The molecular formula is C11H13FN2O2. The van der Waals surface area contributed by atoms with Gasteiger partial charge in [0.2, 0.25) is 5.91 Å². The van der Waals surface area contributed by atoms with E-state index >= 15 is 0 Å². The highest BCUT2D eigenvalue weighted by atomic mass is 19.1. The summed E-state index contributed by atoms with van der Waals surface area (Å²) < 4.78 is 18.3. The summed E-state index contributed by atoms with van der Waals surface area (Å²) in [5, 5.41) is 5.69. The normalized spacial score (nSPS) is 18.0. The van der Waals surface area contributed by atoms with E-state index in [-0.39, 0.29) is 17.8 Å². The first-order valence-corrected chi connectivity index (χ1v) is 5.08. The summed E-state index contributed by atoms with van der Waals surface area (Å²) in [4.78, 5) is 11.2. The lowest BCUT2D eigenvalue weighted by Crippen LogP contribution is -2.36. The zero-order valence-corrected chi connectivity index (χ0v) is 8.92. The topological polar surface area (TPSA) is 50.4 Å². The first kappa shape index (κ1) is 10.7. The number of ether oxygens (including phenoxy) is 1. The molecule has 0 radical (unpaired) electrons. The Labute approximate surface area is 92.8 Å². The van der Waals surface area contributed by atoms with Gasteiger partial charge in [0, 0.05) is 13.1 Å². The highest BCUT2D eigenvalue weighted by Gasteiger charge is 2.21. The average Bonchev–Trinajstić information content (AvgIpc) is 2.29. The van der Waals surface area contributed by atoms with Crippen LogP contribution in [-0.2, 0) is 4.79 Å². The van der Waals surface area contributed by atoms with Crippen LogP contribution in [0.5, 0.6) is 5.75 Å². The number of amides is 1. The molecule has 1 aliphatic rings. The molecule has 0 aliphatic carbocycles. The molecule has 1 heterocycles. The molecule has 1 aromatic carbocycles. The van der Waals surface area contributed by atoms with Gasteiger partial charge in [0.25, 0.3) is 0 Å². The predicted molar refractivity (Wildman–Crippen MR) is 58.0 cm³/mol. The summed E-state index contributed by atoms with van der Waals surface area (Å²) in [7, 11) is 1.59. The van der Waals surface area contributed by atoms with Gasteiger partial charge in [0.05, 0.1) is 18.2 Å². The molecule has 1 atom stereocenters. The highest BCUT2D eigenvalue weighted by Crippen LogP contribution is 2.29. The van der Waals surface area contributed by atoms with Crippen LogP contribution < -0.4 is 15.4 Å². The van der Waals surface area contributed by atoms with Gasteiger partial charge < -0.3 is 15.4 Å². The van der Waals surface area contributed by atoms with Crippen molar-refractivity contribution in [1.29, 1.82) is 0 Å². The smallest absolute Gasteiger partial charge is 0.221 e. The summed E-state index contributed by atoms with van der Waals surface area (Å²) in [5.41, 5.74) is 0.724. The Morgan fingerprint density at radius 2 is 2.50 bits per heavy atom. The van der Waals surface area contributed by atoms with Crippen molar-refractivity contribution in [2.24, 2.45) is 0 Å². The zero-order chi connectivity index (χ0) is 11.5. The molecule has 2 rings (SSSR count). The Hall–Kier alpha value is -1.78. The van der Waals surface area contributed by atoms with E-state index in [1.54, 1.807) is 13.1 Å². The Bertz CT molecular complexity index is 409. The number of anilines is 1. The predicted octanol–water partition coefficient (Wildman–Crippen LogP) is 1.13. The molecule has 0 saturated heterocycles. The molecule has 0 saturated carbocycles. The standard InChI is InChI=1S/C11H13FN2O2/c1-13-11(15)5-8-6-16-10-4-7(12)2-3-9(10)14-8/h2-4,8,14H,5-6H2,1H3,(H,13,15). The maximum absolute atomic E-state index is 12.9. The number of nitrogens with one attached hydrogen (secondary N) is 2. The molecule has 1 aliphatic heterocycles. The third-order valence-corrected chi connectivity index (χ3v) is 2.45. The lowest BCUT2D eigenvalue weighted by molar-refractivity contribution is -0.121. The first-order chi connectivity index (χ1) is 7.69. The van der Waals surface area contributed by atoms with Crippen molar-refractivity contribution in [2.75, 3.05) is 19.0 Å². The van der Waals surface area contributed by atoms with Crippen molar-refractivity contribution in [2.45, 2.75) is 12.5 Å². The number of hydrogen-bond acceptors (Lipinski definition) is 3. The van der Waals surface area contributed by atoms with Crippen molar-refractivity contribution in [3.8, 4) is 5.75 Å². The lowest BCUT2D eigenvalue weighted by Gasteiger charge is -2.26. The highest BCUT2D eigenvalue weighted by molar-refractivity contribution is 5.77. The number of halogens is 1. The van der Waals surface area contributed by atoms with Crippen LogP contribution in [0.15, 0.2) is 18.2 Å². The van der Waals surface area contributed by atoms with Crippen molar-refractivity contribution in [3.63, 3.8) is 0 Å². The maximum atomic E-state index is 12.9. The minimum absolute atomic E-state index is 0.0494. The van der Waals surface area contributed by atoms with E-state index in [1.165, 1.54) is 12.1 Å². The Kier molecular flexibility index (Phi) is 2.94. The number of rotatable bonds is 2. The van der Waals surface area contributed by atoms with Gasteiger partial charge in [-0.25, -0.2) is 4.39 Å². The molecule has 4 nitrogen and oxygen atoms in total. The van der Waals surface area contributed by atoms with Gasteiger partial charge in [0.15, 0.2) is 0 Å². The van der Waals surface area contributed by atoms with Gasteiger partial charge in [-0.3, -0.25) is 4.79 Å². The monoisotopic (exact) mass is 224 g/mol. The van der Waals surface area contributed by atoms with Crippen LogP contribution >= 0.6 is 0 Å². The second kappa shape index (κ2) is 4.38. The molecule has 0 aromatic heterocycles. The Morgan fingerprint density at radius 3 is 3.25 bits per heavy atom. The molecule has 0 fully saturated rings. The fraction of sp³-hybridized carbons (Fsp3) is 0.364. The maximum Gasteiger partial charge on any atom is 0.221 e. The first-order valence-electron chi connectivity index (χ1n) is 5.08. The molecule has 2 N–H and O–H groups in total. The molecule has 1 aromatic rings. The van der Waals surface area contributed by atoms with Crippen LogP contribution in [0.4, 0.5) is 10.1 Å². The quantitative estimate of drug-likeness (QED) is 0.791. The van der Waals surface area contributed by atoms with Crippen molar-refractivity contribution < 1.29 is 13.9 Å². The van der Waals surface area contributed by atoms with Gasteiger partial charge in [-0.2, -0.15) is 0 Å². The van der Waals surface area contributed by atoms with Gasteiger partial charge in [0.1, 0.15) is 18.2 Å². The van der Waals surface area contributed by atoms with E-state index in [9.17, 15) is 9.18 Å². The summed E-state index contributed by atoms with van der Waals surface area (Å²) in [5.74, 6) is 0.116. The third-order valence-electron chi connectivity index (χ3n) is 2.45. The minimum atomic E-state index is -0.328. The molecule has 86 valence electrons. The fourth-order valence-corrected chi connectivity index (χ4v) is 1.62. The average molecular weight is 224 g/mol. The van der Waals surface area contributed by atoms with Gasteiger partial charge in [-0.1, -0.05) is 0 Å². The SMILES string of the molecule is CNC(=O)CC1COc2cc(F)ccc2N1. The molecule has 5 heteroatoms. The number of hydrogen-bond donors (Lipinski definition) is 2. The molecule has 16 heavy (non-hydrogen) atoms. The summed E-state index contributed by atoms with van der Waals surface area (Å²) in [6.45, 7) is 0.365. The van der Waals surface area contributed by atoms with Crippen LogP contribution in [-0.4, -0.2) is 25.6 Å². The fourth-order valence-electron chi connectivity index (χ4n) is 1.62. The van der Waals surface area contributed by atoms with Crippen molar-refractivity contribution >= 4 is 11.6 Å². The van der Waals surface area contributed by atoms with E-state index in [2.05, 4.69) is 10.6 Å². The Morgan fingerprint density at radius 1 is 1.69 bits per heavy atom. The molecule has 0 spiro atoms. The second-order valence-electron chi connectivity index (χ2n) is 3.67. The largest absolute Gasteiger partial charge is 0.489 e. The van der Waals surface area contributed by atoms with E-state index in [0.29, 0.717) is 18.8 Å².